The molecule has 0 atom stereocenters. The first kappa shape index (κ1) is 26.3. The van der Waals surface area contributed by atoms with Gasteiger partial charge in [0.1, 0.15) is 11.4 Å². The number of thiazole rings is 1. The molecule has 5 nitrogen and oxygen atoms in total. The van der Waals surface area contributed by atoms with Crippen molar-refractivity contribution in [3.05, 3.63) is 63.7 Å². The van der Waals surface area contributed by atoms with Crippen molar-refractivity contribution >= 4 is 63.2 Å². The summed E-state index contributed by atoms with van der Waals surface area (Å²) in [4.78, 5) is 23.6. The molecule has 0 saturated heterocycles. The third-order valence-electron chi connectivity index (χ3n) is 5.93. The Bertz CT molecular complexity index is 1160. The van der Waals surface area contributed by atoms with Gasteiger partial charge in [-0.25, -0.2) is 9.97 Å². The molecule has 0 radical (unpaired) electrons. The second-order valence-electron chi connectivity index (χ2n) is 9.80. The van der Waals surface area contributed by atoms with E-state index in [2.05, 4.69) is 10.3 Å². The van der Waals surface area contributed by atoms with Crippen LogP contribution in [0.4, 0.5) is 10.9 Å². The first-order valence-electron chi connectivity index (χ1n) is 11.6. The predicted octanol–water partition coefficient (Wildman–Crippen LogP) is 8.19. The number of benzene rings is 1. The fourth-order valence-corrected chi connectivity index (χ4v) is 6.47. The van der Waals surface area contributed by atoms with Gasteiger partial charge in [-0.15, -0.1) is 23.1 Å². The number of carbonyl (C=O) groups is 1. The van der Waals surface area contributed by atoms with Gasteiger partial charge in [-0.05, 0) is 70.7 Å². The number of aromatic nitrogens is 2. The van der Waals surface area contributed by atoms with Crippen molar-refractivity contribution in [3.8, 4) is 0 Å². The van der Waals surface area contributed by atoms with Gasteiger partial charge in [0, 0.05) is 33.8 Å². The molecular formula is C26H29Cl2N3O2S2. The number of halogens is 2. The van der Waals surface area contributed by atoms with Crippen LogP contribution < -0.4 is 5.32 Å². The zero-order valence-electron chi connectivity index (χ0n) is 20.0. The van der Waals surface area contributed by atoms with E-state index in [1.165, 1.54) is 11.3 Å². The van der Waals surface area contributed by atoms with E-state index in [-0.39, 0.29) is 5.97 Å². The van der Waals surface area contributed by atoms with E-state index in [4.69, 9.17) is 32.9 Å². The molecule has 0 unspecified atom stereocenters. The van der Waals surface area contributed by atoms with E-state index >= 15 is 0 Å². The summed E-state index contributed by atoms with van der Waals surface area (Å²) in [6.45, 7) is 5.74. The average Bonchev–Trinajstić information content (AvgIpc) is 3.30. The van der Waals surface area contributed by atoms with Crippen LogP contribution in [0.25, 0.3) is 0 Å². The molecular weight excluding hydrogens is 521 g/mol. The third kappa shape index (κ3) is 6.91. The maximum atomic E-state index is 13.5. The normalized spacial score (nSPS) is 20.4. The summed E-state index contributed by atoms with van der Waals surface area (Å²) in [6.07, 6.45) is 5.49. The second kappa shape index (κ2) is 11.1. The van der Waals surface area contributed by atoms with Crippen molar-refractivity contribution in [3.63, 3.8) is 0 Å². The van der Waals surface area contributed by atoms with Gasteiger partial charge in [0.15, 0.2) is 5.13 Å². The largest absolute Gasteiger partial charge is 0.460 e. The first-order valence-corrected chi connectivity index (χ1v) is 14.1. The quantitative estimate of drug-likeness (QED) is 0.299. The molecule has 4 rings (SSSR count). The summed E-state index contributed by atoms with van der Waals surface area (Å²) in [6, 6.07) is 11.6. The van der Waals surface area contributed by atoms with Gasteiger partial charge in [-0.3, -0.25) is 4.79 Å². The lowest BCUT2D eigenvalue weighted by atomic mass is 9.70. The Labute approximate surface area is 225 Å². The van der Waals surface area contributed by atoms with Gasteiger partial charge in [0.05, 0.1) is 15.5 Å². The zero-order chi connectivity index (χ0) is 25.1. The highest BCUT2D eigenvalue weighted by molar-refractivity contribution is 8.00. The highest BCUT2D eigenvalue weighted by Gasteiger charge is 2.45. The number of hydrogen-bond acceptors (Lipinski definition) is 7. The van der Waals surface area contributed by atoms with Gasteiger partial charge >= 0.3 is 5.97 Å². The number of esters is 1. The van der Waals surface area contributed by atoms with Crippen LogP contribution in [-0.4, -0.2) is 26.8 Å². The fraction of sp³-hybridized carbons (Fsp3) is 0.423. The van der Waals surface area contributed by atoms with Crippen LogP contribution in [0.15, 0.2) is 52.9 Å². The van der Waals surface area contributed by atoms with E-state index in [1.54, 1.807) is 24.0 Å². The van der Waals surface area contributed by atoms with Crippen molar-refractivity contribution in [2.45, 2.75) is 68.6 Å². The van der Waals surface area contributed by atoms with Crippen molar-refractivity contribution < 1.29 is 9.53 Å². The molecule has 1 aliphatic rings. The molecule has 3 aromatic rings. The summed E-state index contributed by atoms with van der Waals surface area (Å²) in [5.74, 6) is 0.575. The summed E-state index contributed by atoms with van der Waals surface area (Å²) in [7, 11) is 0. The molecule has 1 N–H and O–H groups in total. The van der Waals surface area contributed by atoms with E-state index < -0.39 is 11.0 Å². The maximum absolute atomic E-state index is 13.5. The van der Waals surface area contributed by atoms with E-state index in [0.29, 0.717) is 21.7 Å². The number of nitrogens with one attached hydrogen (secondary N) is 1. The molecule has 186 valence electrons. The Hall–Kier alpha value is -1.80. The highest BCUT2D eigenvalue weighted by Crippen LogP contribution is 2.47. The number of nitrogens with zero attached hydrogens (tertiary/aromatic N) is 2. The Morgan fingerprint density at radius 1 is 1.20 bits per heavy atom. The van der Waals surface area contributed by atoms with Crippen LogP contribution >= 0.6 is 46.3 Å². The minimum Gasteiger partial charge on any atom is -0.460 e. The summed E-state index contributed by atoms with van der Waals surface area (Å²) in [5, 5.41) is 7.45. The van der Waals surface area contributed by atoms with Crippen LogP contribution in [0, 0.1) is 5.41 Å². The van der Waals surface area contributed by atoms with Gasteiger partial charge in [-0.2, -0.15) is 0 Å². The molecule has 2 heterocycles. The number of anilines is 2. The van der Waals surface area contributed by atoms with E-state index in [0.717, 1.165) is 47.2 Å². The molecule has 1 aromatic carbocycles. The van der Waals surface area contributed by atoms with Crippen molar-refractivity contribution in [1.29, 1.82) is 0 Å². The smallest absolute Gasteiger partial charge is 0.312 e. The predicted molar refractivity (Wildman–Crippen MR) is 146 cm³/mol. The number of ether oxygens (including phenoxy) is 1. The molecule has 1 fully saturated rings. The van der Waals surface area contributed by atoms with Crippen LogP contribution in [0.1, 0.15) is 52.1 Å². The van der Waals surface area contributed by atoms with Gasteiger partial charge in [-0.1, -0.05) is 35.3 Å². The van der Waals surface area contributed by atoms with E-state index in [1.807, 2.05) is 56.5 Å². The highest BCUT2D eigenvalue weighted by atomic mass is 35.5. The molecule has 0 spiro atoms. The second-order valence-corrected chi connectivity index (χ2v) is 12.8. The van der Waals surface area contributed by atoms with Gasteiger partial charge < -0.3 is 10.1 Å². The molecule has 9 heteroatoms. The Balaban J connectivity index is 1.51. The summed E-state index contributed by atoms with van der Waals surface area (Å²) < 4.78 is 5.92. The lowest BCUT2D eigenvalue weighted by molar-refractivity contribution is -0.170. The zero-order valence-corrected chi connectivity index (χ0v) is 23.2. The van der Waals surface area contributed by atoms with Crippen LogP contribution in [-0.2, 0) is 16.0 Å². The van der Waals surface area contributed by atoms with Crippen LogP contribution in [0.2, 0.25) is 10.0 Å². The Morgan fingerprint density at radius 3 is 2.63 bits per heavy atom. The van der Waals surface area contributed by atoms with Crippen molar-refractivity contribution in [2.24, 2.45) is 5.41 Å². The number of pyridine rings is 1. The van der Waals surface area contributed by atoms with Crippen molar-refractivity contribution in [2.75, 3.05) is 5.32 Å². The number of thioether (sulfide) groups is 1. The van der Waals surface area contributed by atoms with Crippen LogP contribution in [0.5, 0.6) is 0 Å². The fourth-order valence-electron chi connectivity index (χ4n) is 4.24. The lowest BCUT2D eigenvalue weighted by Gasteiger charge is -2.39. The third-order valence-corrected chi connectivity index (χ3v) is 8.94. The van der Waals surface area contributed by atoms with Crippen LogP contribution in [0.3, 0.4) is 0 Å². The molecule has 35 heavy (non-hydrogen) atoms. The number of hydrogen-bond donors (Lipinski definition) is 1. The van der Waals surface area contributed by atoms with Crippen molar-refractivity contribution in [1.82, 2.24) is 9.97 Å². The number of rotatable bonds is 7. The molecule has 0 bridgehead atoms. The summed E-state index contributed by atoms with van der Waals surface area (Å²) in [5.41, 5.74) is -0.303. The van der Waals surface area contributed by atoms with E-state index in [9.17, 15) is 4.79 Å². The molecule has 0 aliphatic heterocycles. The Morgan fingerprint density at radius 2 is 1.94 bits per heavy atom. The standard InChI is InChI=1S/C26H29Cl2N3O2S2/c1-25(2,3)33-23(32)26(16-17-6-4-9-21(30-17)31-24-29-14-15-34-24)12-10-18(11-13-26)35-20-8-5-7-19(27)22(20)28/h4-9,14-15,18H,10-13,16H2,1-3H3,(H,29,30,31). The Kier molecular flexibility index (Phi) is 8.31. The molecule has 1 aliphatic carbocycles. The number of carbonyl (C=O) groups excluding carboxylic acids is 1. The monoisotopic (exact) mass is 549 g/mol. The minimum atomic E-state index is -0.616. The maximum Gasteiger partial charge on any atom is 0.312 e. The molecule has 2 aromatic heterocycles. The minimum absolute atomic E-state index is 0.144. The topological polar surface area (TPSA) is 64.1 Å². The van der Waals surface area contributed by atoms with Gasteiger partial charge in [0.2, 0.25) is 0 Å². The molecule has 0 amide bonds. The molecule has 1 saturated carbocycles. The SMILES string of the molecule is CC(C)(C)OC(=O)C1(Cc2cccc(Nc3nccs3)n2)CCC(Sc2cccc(Cl)c2Cl)CC1. The van der Waals surface area contributed by atoms with Gasteiger partial charge in [0.25, 0.3) is 0 Å². The summed E-state index contributed by atoms with van der Waals surface area (Å²) >= 11 is 15.9. The first-order chi connectivity index (χ1) is 16.6. The lowest BCUT2D eigenvalue weighted by Crippen LogP contribution is -2.42. The average molecular weight is 551 g/mol.